The Morgan fingerprint density at radius 2 is 2.04 bits per heavy atom. The van der Waals surface area contributed by atoms with E-state index in [9.17, 15) is 4.79 Å². The summed E-state index contributed by atoms with van der Waals surface area (Å²) in [6, 6.07) is 13.2. The first-order valence-corrected chi connectivity index (χ1v) is 7.81. The Kier molecular flexibility index (Phi) is 3.23. The SMILES string of the molecule is Nc1n[nH]c2ccc(C(=O)N3CCC3c3ccc(Cl)cc3)cc12. The van der Waals surface area contributed by atoms with Gasteiger partial charge < -0.3 is 10.6 Å². The summed E-state index contributed by atoms with van der Waals surface area (Å²) in [7, 11) is 0. The minimum absolute atomic E-state index is 0.0127. The maximum absolute atomic E-state index is 12.8. The molecule has 0 spiro atoms. The molecular weight excluding hydrogens is 312 g/mol. The fraction of sp³-hybridized carbons (Fsp3) is 0.176. The van der Waals surface area contributed by atoms with Crippen LogP contribution < -0.4 is 5.73 Å². The Balaban J connectivity index is 1.62. The van der Waals surface area contributed by atoms with Crippen LogP contribution >= 0.6 is 11.6 Å². The minimum atomic E-state index is 0.0127. The molecule has 1 aromatic heterocycles. The maximum atomic E-state index is 12.8. The Hall–Kier alpha value is -2.53. The number of hydrogen-bond acceptors (Lipinski definition) is 3. The number of nitrogens with zero attached hydrogens (tertiary/aromatic N) is 2. The lowest BCUT2D eigenvalue weighted by Gasteiger charge is -2.41. The van der Waals surface area contributed by atoms with E-state index in [0.717, 1.165) is 29.4 Å². The van der Waals surface area contributed by atoms with Gasteiger partial charge in [0, 0.05) is 22.5 Å². The number of nitrogen functional groups attached to an aromatic ring is 1. The molecule has 1 amide bonds. The molecular formula is C17H15ClN4O. The molecule has 23 heavy (non-hydrogen) atoms. The summed E-state index contributed by atoms with van der Waals surface area (Å²) in [6.07, 6.45) is 0.962. The van der Waals surface area contributed by atoms with Crippen LogP contribution in [0.3, 0.4) is 0 Å². The molecule has 1 fully saturated rings. The van der Waals surface area contributed by atoms with E-state index in [1.54, 1.807) is 12.1 Å². The average Bonchev–Trinajstić information content (AvgIpc) is 2.89. The summed E-state index contributed by atoms with van der Waals surface area (Å²) >= 11 is 5.93. The number of rotatable bonds is 2. The molecule has 0 radical (unpaired) electrons. The lowest BCUT2D eigenvalue weighted by Crippen LogP contribution is -2.45. The number of nitrogens with two attached hydrogens (primary N) is 1. The van der Waals surface area contributed by atoms with Crippen LogP contribution in [0.25, 0.3) is 10.9 Å². The molecule has 0 bridgehead atoms. The standard InChI is InChI=1S/C17H15ClN4O/c18-12-4-1-10(2-5-12)15-7-8-22(15)17(23)11-3-6-14-13(9-11)16(19)21-20-14/h1-6,9,15H,7-8H2,(H3,19,20,21). The number of aromatic amines is 1. The number of nitrogens with one attached hydrogen (secondary N) is 1. The fourth-order valence-electron chi connectivity index (χ4n) is 3.00. The number of halogens is 1. The van der Waals surface area contributed by atoms with Crippen molar-refractivity contribution < 1.29 is 4.79 Å². The largest absolute Gasteiger partial charge is 0.382 e. The highest BCUT2D eigenvalue weighted by Gasteiger charge is 2.33. The smallest absolute Gasteiger partial charge is 0.254 e. The van der Waals surface area contributed by atoms with Gasteiger partial charge in [0.2, 0.25) is 0 Å². The van der Waals surface area contributed by atoms with Gasteiger partial charge in [0.05, 0.1) is 11.6 Å². The van der Waals surface area contributed by atoms with Crippen molar-refractivity contribution in [2.45, 2.75) is 12.5 Å². The second-order valence-corrected chi connectivity index (χ2v) is 6.16. The number of likely N-dealkylation sites (tertiary alicyclic amines) is 1. The Morgan fingerprint density at radius 1 is 1.26 bits per heavy atom. The minimum Gasteiger partial charge on any atom is -0.382 e. The predicted molar refractivity (Wildman–Crippen MR) is 90.4 cm³/mol. The number of H-pyrrole nitrogens is 1. The molecule has 0 aliphatic carbocycles. The molecule has 0 saturated carbocycles. The van der Waals surface area contributed by atoms with Gasteiger partial charge in [-0.25, -0.2) is 0 Å². The molecule has 6 heteroatoms. The van der Waals surface area contributed by atoms with Gasteiger partial charge in [0.15, 0.2) is 5.82 Å². The van der Waals surface area contributed by atoms with Crippen molar-refractivity contribution in [3.63, 3.8) is 0 Å². The highest BCUT2D eigenvalue weighted by atomic mass is 35.5. The van der Waals surface area contributed by atoms with Gasteiger partial charge in [0.25, 0.3) is 5.91 Å². The van der Waals surface area contributed by atoms with Crippen molar-refractivity contribution in [2.75, 3.05) is 12.3 Å². The molecule has 4 rings (SSSR count). The monoisotopic (exact) mass is 326 g/mol. The third-order valence-corrected chi connectivity index (χ3v) is 4.63. The predicted octanol–water partition coefficient (Wildman–Crippen LogP) is 3.39. The van der Waals surface area contributed by atoms with Gasteiger partial charge in [-0.05, 0) is 42.3 Å². The van der Waals surface area contributed by atoms with E-state index in [2.05, 4.69) is 10.2 Å². The summed E-state index contributed by atoms with van der Waals surface area (Å²) in [4.78, 5) is 14.7. The molecule has 3 N–H and O–H groups in total. The quantitative estimate of drug-likeness (QED) is 0.758. The maximum Gasteiger partial charge on any atom is 0.254 e. The van der Waals surface area contributed by atoms with Gasteiger partial charge in [-0.1, -0.05) is 23.7 Å². The number of hydrogen-bond donors (Lipinski definition) is 2. The highest BCUT2D eigenvalue weighted by Crippen LogP contribution is 2.35. The van der Waals surface area contributed by atoms with Crippen LogP contribution in [0.1, 0.15) is 28.4 Å². The number of anilines is 1. The zero-order valence-electron chi connectivity index (χ0n) is 12.3. The van der Waals surface area contributed by atoms with Crippen LogP contribution in [0.15, 0.2) is 42.5 Å². The molecule has 5 nitrogen and oxygen atoms in total. The van der Waals surface area contributed by atoms with Crippen LogP contribution in [-0.4, -0.2) is 27.5 Å². The number of benzene rings is 2. The normalized spacial score (nSPS) is 17.3. The fourth-order valence-corrected chi connectivity index (χ4v) is 3.12. The van der Waals surface area contributed by atoms with E-state index < -0.39 is 0 Å². The number of carbonyl (C=O) groups is 1. The van der Waals surface area contributed by atoms with Crippen molar-refractivity contribution in [3.8, 4) is 0 Å². The van der Waals surface area contributed by atoms with E-state index in [1.165, 1.54) is 0 Å². The van der Waals surface area contributed by atoms with Gasteiger partial charge in [-0.3, -0.25) is 9.89 Å². The zero-order valence-corrected chi connectivity index (χ0v) is 13.0. The summed E-state index contributed by atoms with van der Waals surface area (Å²) in [5.41, 5.74) is 8.39. The van der Waals surface area contributed by atoms with Gasteiger partial charge in [-0.15, -0.1) is 0 Å². The molecule has 1 aliphatic heterocycles. The van der Waals surface area contributed by atoms with Crippen molar-refractivity contribution in [1.29, 1.82) is 0 Å². The third kappa shape index (κ3) is 2.33. The van der Waals surface area contributed by atoms with Crippen molar-refractivity contribution >= 4 is 34.2 Å². The molecule has 2 heterocycles. The number of carbonyl (C=O) groups excluding carboxylic acids is 1. The third-order valence-electron chi connectivity index (χ3n) is 4.37. The Bertz CT molecular complexity index is 887. The van der Waals surface area contributed by atoms with Crippen molar-refractivity contribution in [2.24, 2.45) is 0 Å². The summed E-state index contributed by atoms with van der Waals surface area (Å²) < 4.78 is 0. The van der Waals surface area contributed by atoms with Crippen LogP contribution in [0, 0.1) is 0 Å². The second-order valence-electron chi connectivity index (χ2n) is 5.72. The molecule has 1 aliphatic rings. The summed E-state index contributed by atoms with van der Waals surface area (Å²) in [6.45, 7) is 0.755. The van der Waals surface area contributed by atoms with Crippen LogP contribution in [-0.2, 0) is 0 Å². The lowest BCUT2D eigenvalue weighted by molar-refractivity contribution is 0.0460. The first-order chi connectivity index (χ1) is 11.1. The molecule has 1 atom stereocenters. The molecule has 1 saturated heterocycles. The van der Waals surface area contributed by atoms with Crippen LogP contribution in [0.2, 0.25) is 5.02 Å². The zero-order chi connectivity index (χ0) is 16.0. The first kappa shape index (κ1) is 14.1. The van der Waals surface area contributed by atoms with Crippen LogP contribution in [0.4, 0.5) is 5.82 Å². The van der Waals surface area contributed by atoms with E-state index in [4.69, 9.17) is 17.3 Å². The number of fused-ring (bicyclic) bond motifs is 1. The van der Waals surface area contributed by atoms with Crippen molar-refractivity contribution in [3.05, 3.63) is 58.6 Å². The second kappa shape index (κ2) is 5.28. The van der Waals surface area contributed by atoms with Crippen molar-refractivity contribution in [1.82, 2.24) is 15.1 Å². The summed E-state index contributed by atoms with van der Waals surface area (Å²) in [5.74, 6) is 0.422. The van der Waals surface area contributed by atoms with E-state index in [-0.39, 0.29) is 11.9 Å². The van der Waals surface area contributed by atoms with E-state index in [0.29, 0.717) is 16.4 Å². The number of amides is 1. The van der Waals surface area contributed by atoms with Gasteiger partial charge in [0.1, 0.15) is 0 Å². The topological polar surface area (TPSA) is 75.0 Å². The average molecular weight is 327 g/mol. The van der Waals surface area contributed by atoms with Gasteiger partial charge >= 0.3 is 0 Å². The Labute approximate surface area is 138 Å². The molecule has 116 valence electrons. The molecule has 1 unspecified atom stereocenters. The number of aromatic nitrogens is 2. The van der Waals surface area contributed by atoms with E-state index in [1.807, 2.05) is 35.2 Å². The molecule has 2 aromatic carbocycles. The van der Waals surface area contributed by atoms with Crippen LogP contribution in [0.5, 0.6) is 0 Å². The summed E-state index contributed by atoms with van der Waals surface area (Å²) in [5, 5.41) is 8.28. The van der Waals surface area contributed by atoms with E-state index >= 15 is 0 Å². The van der Waals surface area contributed by atoms with Gasteiger partial charge in [-0.2, -0.15) is 5.10 Å². The molecule has 3 aromatic rings. The Morgan fingerprint density at radius 3 is 2.74 bits per heavy atom. The first-order valence-electron chi connectivity index (χ1n) is 7.43. The lowest BCUT2D eigenvalue weighted by atomic mass is 9.93. The highest BCUT2D eigenvalue weighted by molar-refractivity contribution is 6.30.